The quantitative estimate of drug-likeness (QED) is 0.779. The van der Waals surface area contributed by atoms with E-state index in [2.05, 4.69) is 6.92 Å². The third kappa shape index (κ3) is 3.36. The van der Waals surface area contributed by atoms with E-state index in [0.29, 0.717) is 5.56 Å². The lowest BCUT2D eigenvalue weighted by atomic mass is 10.0. The molecule has 0 spiro atoms. The molecular formula is C12H16O3. The van der Waals surface area contributed by atoms with Crippen LogP contribution in [0, 0.1) is 0 Å². The molecule has 2 N–H and O–H groups in total. The van der Waals surface area contributed by atoms with Crippen LogP contribution in [-0.4, -0.2) is 16.2 Å². The zero-order valence-electron chi connectivity index (χ0n) is 8.81. The zero-order valence-corrected chi connectivity index (χ0v) is 8.81. The van der Waals surface area contributed by atoms with Crippen molar-refractivity contribution in [3.63, 3.8) is 0 Å². The maximum absolute atomic E-state index is 10.6. The molecule has 0 bridgehead atoms. The average molecular weight is 208 g/mol. The molecule has 1 rings (SSSR count). The summed E-state index contributed by atoms with van der Waals surface area (Å²) in [4.78, 5) is 10.6. The van der Waals surface area contributed by atoms with Crippen molar-refractivity contribution >= 4 is 5.97 Å². The van der Waals surface area contributed by atoms with Gasteiger partial charge in [0.1, 0.15) is 0 Å². The Kier molecular flexibility index (Phi) is 4.31. The number of carboxylic acids is 1. The maximum Gasteiger partial charge on any atom is 0.337 e. The second-order valence-corrected chi connectivity index (χ2v) is 3.59. The van der Waals surface area contributed by atoms with Crippen LogP contribution >= 0.6 is 0 Å². The molecule has 0 saturated heterocycles. The summed E-state index contributed by atoms with van der Waals surface area (Å²) in [5.41, 5.74) is 1.53. The van der Waals surface area contributed by atoms with Crippen molar-refractivity contribution in [3.05, 3.63) is 35.4 Å². The van der Waals surface area contributed by atoms with Gasteiger partial charge in [0.15, 0.2) is 6.10 Å². The summed E-state index contributed by atoms with van der Waals surface area (Å²) in [6, 6.07) is 7.13. The van der Waals surface area contributed by atoms with Crippen molar-refractivity contribution in [2.75, 3.05) is 0 Å². The monoisotopic (exact) mass is 208 g/mol. The molecule has 0 aliphatic heterocycles. The Morgan fingerprint density at radius 3 is 2.80 bits per heavy atom. The molecule has 0 saturated carbocycles. The van der Waals surface area contributed by atoms with E-state index < -0.39 is 12.1 Å². The minimum absolute atomic E-state index is 0.455. The van der Waals surface area contributed by atoms with Gasteiger partial charge in [-0.2, -0.15) is 0 Å². The third-order valence-electron chi connectivity index (χ3n) is 2.32. The highest BCUT2D eigenvalue weighted by Gasteiger charge is 2.15. The van der Waals surface area contributed by atoms with Crippen molar-refractivity contribution in [1.29, 1.82) is 0 Å². The molecule has 0 fully saturated rings. The van der Waals surface area contributed by atoms with Crippen LogP contribution in [0.2, 0.25) is 0 Å². The van der Waals surface area contributed by atoms with Gasteiger partial charge in [-0.3, -0.25) is 0 Å². The summed E-state index contributed by atoms with van der Waals surface area (Å²) >= 11 is 0. The van der Waals surface area contributed by atoms with Crippen molar-refractivity contribution in [2.45, 2.75) is 32.3 Å². The Labute approximate surface area is 89.4 Å². The largest absolute Gasteiger partial charge is 0.479 e. The van der Waals surface area contributed by atoms with Crippen LogP contribution in [0.5, 0.6) is 0 Å². The number of aliphatic carboxylic acids is 1. The van der Waals surface area contributed by atoms with Crippen LogP contribution in [0.25, 0.3) is 0 Å². The first-order valence-electron chi connectivity index (χ1n) is 5.15. The molecular weight excluding hydrogens is 192 g/mol. The Morgan fingerprint density at radius 1 is 1.47 bits per heavy atom. The molecule has 1 atom stereocenters. The highest BCUT2D eigenvalue weighted by atomic mass is 16.4. The van der Waals surface area contributed by atoms with Crippen LogP contribution in [0.1, 0.15) is 37.0 Å². The van der Waals surface area contributed by atoms with Gasteiger partial charge in [0.25, 0.3) is 0 Å². The maximum atomic E-state index is 10.6. The first kappa shape index (κ1) is 11.7. The van der Waals surface area contributed by atoms with E-state index in [0.717, 1.165) is 24.8 Å². The molecule has 0 aliphatic carbocycles. The van der Waals surface area contributed by atoms with Crippen LogP contribution in [0.3, 0.4) is 0 Å². The SMILES string of the molecule is CCCCc1cccc(C(O)C(=O)O)c1. The first-order valence-corrected chi connectivity index (χ1v) is 5.15. The van der Waals surface area contributed by atoms with Gasteiger partial charge in [-0.05, 0) is 24.0 Å². The topological polar surface area (TPSA) is 57.5 Å². The lowest BCUT2D eigenvalue weighted by molar-refractivity contribution is -0.146. The van der Waals surface area contributed by atoms with Crippen molar-refractivity contribution in [1.82, 2.24) is 0 Å². The fraction of sp³-hybridized carbons (Fsp3) is 0.417. The van der Waals surface area contributed by atoms with Gasteiger partial charge in [-0.25, -0.2) is 4.79 Å². The molecule has 1 aromatic carbocycles. The van der Waals surface area contributed by atoms with E-state index in [9.17, 15) is 9.90 Å². The average Bonchev–Trinajstić information content (AvgIpc) is 2.25. The fourth-order valence-electron chi connectivity index (χ4n) is 1.44. The lowest BCUT2D eigenvalue weighted by Gasteiger charge is -2.07. The Balaban J connectivity index is 2.77. The summed E-state index contributed by atoms with van der Waals surface area (Å²) in [6.45, 7) is 2.11. The fourth-order valence-corrected chi connectivity index (χ4v) is 1.44. The normalized spacial score (nSPS) is 12.4. The molecule has 0 amide bonds. The molecule has 1 unspecified atom stereocenters. The number of unbranched alkanes of at least 4 members (excludes halogenated alkanes) is 1. The summed E-state index contributed by atoms with van der Waals surface area (Å²) in [7, 11) is 0. The summed E-state index contributed by atoms with van der Waals surface area (Å²) in [5, 5.41) is 18.0. The van der Waals surface area contributed by atoms with Gasteiger partial charge >= 0.3 is 5.97 Å². The standard InChI is InChI=1S/C12H16O3/c1-2-3-5-9-6-4-7-10(8-9)11(13)12(14)15/h4,6-8,11,13H,2-3,5H2,1H3,(H,14,15). The number of hydrogen-bond donors (Lipinski definition) is 2. The molecule has 0 heterocycles. The number of aliphatic hydroxyl groups excluding tert-OH is 1. The van der Waals surface area contributed by atoms with E-state index >= 15 is 0 Å². The van der Waals surface area contributed by atoms with Crippen molar-refractivity contribution < 1.29 is 15.0 Å². The van der Waals surface area contributed by atoms with E-state index in [1.807, 2.05) is 6.07 Å². The van der Waals surface area contributed by atoms with E-state index in [1.54, 1.807) is 18.2 Å². The first-order chi connectivity index (χ1) is 7.15. The van der Waals surface area contributed by atoms with Crippen molar-refractivity contribution in [3.8, 4) is 0 Å². The highest BCUT2D eigenvalue weighted by Crippen LogP contribution is 2.16. The predicted octanol–water partition coefficient (Wildman–Crippen LogP) is 2.15. The van der Waals surface area contributed by atoms with Gasteiger partial charge in [-0.1, -0.05) is 37.6 Å². The van der Waals surface area contributed by atoms with Gasteiger partial charge in [-0.15, -0.1) is 0 Å². The number of carbonyl (C=O) groups is 1. The second kappa shape index (κ2) is 5.51. The molecule has 3 nitrogen and oxygen atoms in total. The Hall–Kier alpha value is -1.35. The molecule has 15 heavy (non-hydrogen) atoms. The van der Waals surface area contributed by atoms with Crippen LogP contribution in [0.15, 0.2) is 24.3 Å². The minimum Gasteiger partial charge on any atom is -0.479 e. The number of hydrogen-bond acceptors (Lipinski definition) is 2. The summed E-state index contributed by atoms with van der Waals surface area (Å²) < 4.78 is 0. The van der Waals surface area contributed by atoms with Crippen LogP contribution in [-0.2, 0) is 11.2 Å². The lowest BCUT2D eigenvalue weighted by Crippen LogP contribution is -2.10. The highest BCUT2D eigenvalue weighted by molar-refractivity contribution is 5.74. The summed E-state index contributed by atoms with van der Waals surface area (Å²) in [5.74, 6) is -1.21. The third-order valence-corrected chi connectivity index (χ3v) is 2.32. The van der Waals surface area contributed by atoms with E-state index in [-0.39, 0.29) is 0 Å². The van der Waals surface area contributed by atoms with E-state index in [4.69, 9.17) is 5.11 Å². The van der Waals surface area contributed by atoms with Gasteiger partial charge in [0.05, 0.1) is 0 Å². The smallest absolute Gasteiger partial charge is 0.337 e. The van der Waals surface area contributed by atoms with Crippen molar-refractivity contribution in [2.24, 2.45) is 0 Å². The van der Waals surface area contributed by atoms with Gasteiger partial charge in [0, 0.05) is 0 Å². The van der Waals surface area contributed by atoms with Crippen LogP contribution < -0.4 is 0 Å². The molecule has 1 aromatic rings. The molecule has 0 aliphatic rings. The molecule has 3 heteroatoms. The number of carboxylic acid groups (broad SMARTS) is 1. The number of benzene rings is 1. The Morgan fingerprint density at radius 2 is 2.20 bits per heavy atom. The van der Waals surface area contributed by atoms with E-state index in [1.165, 1.54) is 0 Å². The minimum atomic E-state index is -1.41. The zero-order chi connectivity index (χ0) is 11.3. The van der Waals surface area contributed by atoms with Gasteiger partial charge < -0.3 is 10.2 Å². The number of aryl methyl sites for hydroxylation is 1. The summed E-state index contributed by atoms with van der Waals surface area (Å²) in [6.07, 6.45) is 1.70. The molecule has 82 valence electrons. The number of aliphatic hydroxyl groups is 1. The predicted molar refractivity (Wildman–Crippen MR) is 57.6 cm³/mol. The van der Waals surface area contributed by atoms with Crippen LogP contribution in [0.4, 0.5) is 0 Å². The molecule has 0 aromatic heterocycles. The number of rotatable bonds is 5. The van der Waals surface area contributed by atoms with Gasteiger partial charge in [0.2, 0.25) is 0 Å². The second-order valence-electron chi connectivity index (χ2n) is 3.59. The Bertz CT molecular complexity index is 333. The molecule has 0 radical (unpaired) electrons.